The monoisotopic (exact) mass is 284 g/mol. The molecule has 1 atom stereocenters. The van der Waals surface area contributed by atoms with Crippen LogP contribution in [0.2, 0.25) is 0 Å². The van der Waals surface area contributed by atoms with Crippen molar-refractivity contribution in [3.05, 3.63) is 29.8 Å². The van der Waals surface area contributed by atoms with Gasteiger partial charge in [-0.25, -0.2) is 0 Å². The Labute approximate surface area is 120 Å². The molecule has 1 heterocycles. The highest BCUT2D eigenvalue weighted by Gasteiger charge is 2.23. The van der Waals surface area contributed by atoms with E-state index in [2.05, 4.69) is 5.32 Å². The highest BCUT2D eigenvalue weighted by Crippen LogP contribution is 2.15. The lowest BCUT2D eigenvalue weighted by atomic mass is 10.2. The maximum absolute atomic E-state index is 12.2. The molecule has 1 aromatic carbocycles. The third-order valence-corrected chi connectivity index (χ3v) is 3.08. The summed E-state index contributed by atoms with van der Waals surface area (Å²) in [6, 6.07) is 7.78. The zero-order chi connectivity index (χ0) is 13.0. The molecular weight excluding hydrogens is 264 g/mol. The number of nitrogens with one attached hydrogen (secondary N) is 1. The van der Waals surface area contributed by atoms with Crippen molar-refractivity contribution in [2.75, 3.05) is 26.2 Å². The van der Waals surface area contributed by atoms with Crippen LogP contribution in [0, 0.1) is 6.92 Å². The molecule has 1 amide bonds. The minimum atomic E-state index is -0.426. The summed E-state index contributed by atoms with van der Waals surface area (Å²) in [6.45, 7) is 7.08. The summed E-state index contributed by atoms with van der Waals surface area (Å²) in [5.41, 5.74) is 1.13. The molecule has 1 unspecified atom stereocenters. The van der Waals surface area contributed by atoms with E-state index in [9.17, 15) is 4.79 Å². The van der Waals surface area contributed by atoms with Crippen molar-refractivity contribution in [1.29, 1.82) is 0 Å². The second-order valence-electron chi connectivity index (χ2n) is 4.65. The molecule has 1 aliphatic heterocycles. The van der Waals surface area contributed by atoms with Crippen LogP contribution >= 0.6 is 12.4 Å². The van der Waals surface area contributed by atoms with Crippen LogP contribution in [-0.2, 0) is 4.79 Å². The summed E-state index contributed by atoms with van der Waals surface area (Å²) in [5, 5.41) is 3.23. The van der Waals surface area contributed by atoms with Crippen LogP contribution in [0.3, 0.4) is 0 Å². The van der Waals surface area contributed by atoms with Gasteiger partial charge in [-0.1, -0.05) is 12.1 Å². The summed E-state index contributed by atoms with van der Waals surface area (Å²) in [4.78, 5) is 14.0. The standard InChI is InChI=1S/C14H20N2O2.ClH/c1-11-4-3-5-13(10-11)18-12(2)14(17)16-8-6-15-7-9-16;/h3-5,10,12,15H,6-9H2,1-2H3;1H. The predicted molar refractivity (Wildman–Crippen MR) is 78.0 cm³/mol. The summed E-state index contributed by atoms with van der Waals surface area (Å²) in [6.07, 6.45) is -0.426. The van der Waals surface area contributed by atoms with Crippen molar-refractivity contribution in [3.63, 3.8) is 0 Å². The Balaban J connectivity index is 0.00000180. The number of piperazine rings is 1. The zero-order valence-corrected chi connectivity index (χ0v) is 12.2. The normalized spacial score (nSPS) is 16.4. The molecule has 4 nitrogen and oxygen atoms in total. The lowest BCUT2D eigenvalue weighted by Gasteiger charge is -2.29. The van der Waals surface area contributed by atoms with E-state index in [0.29, 0.717) is 0 Å². The first-order chi connectivity index (χ1) is 8.66. The smallest absolute Gasteiger partial charge is 0.263 e. The van der Waals surface area contributed by atoms with Gasteiger partial charge in [0, 0.05) is 26.2 Å². The molecule has 1 aliphatic rings. The Kier molecular flexibility index (Phi) is 6.12. The number of aryl methyl sites for hydroxylation is 1. The van der Waals surface area contributed by atoms with Gasteiger partial charge in [0.05, 0.1) is 0 Å². The number of halogens is 1. The Morgan fingerprint density at radius 3 is 2.68 bits per heavy atom. The maximum Gasteiger partial charge on any atom is 0.263 e. The molecule has 1 N–H and O–H groups in total. The fraction of sp³-hybridized carbons (Fsp3) is 0.500. The van der Waals surface area contributed by atoms with Gasteiger partial charge in [-0.3, -0.25) is 4.79 Å². The molecule has 1 saturated heterocycles. The van der Waals surface area contributed by atoms with Crippen LogP contribution in [0.1, 0.15) is 12.5 Å². The number of rotatable bonds is 3. The van der Waals surface area contributed by atoms with Crippen molar-refractivity contribution in [2.45, 2.75) is 20.0 Å². The largest absolute Gasteiger partial charge is 0.481 e. The third-order valence-electron chi connectivity index (χ3n) is 3.08. The molecule has 0 bridgehead atoms. The number of carbonyl (C=O) groups excluding carboxylic acids is 1. The van der Waals surface area contributed by atoms with Crippen LogP contribution in [0.4, 0.5) is 0 Å². The Hall–Kier alpha value is -1.26. The van der Waals surface area contributed by atoms with Crippen LogP contribution in [0.25, 0.3) is 0 Å². The van der Waals surface area contributed by atoms with Gasteiger partial charge in [-0.15, -0.1) is 12.4 Å². The first-order valence-corrected chi connectivity index (χ1v) is 6.39. The maximum atomic E-state index is 12.2. The van der Waals surface area contributed by atoms with E-state index in [-0.39, 0.29) is 18.3 Å². The third kappa shape index (κ3) is 4.40. The quantitative estimate of drug-likeness (QED) is 0.917. The fourth-order valence-electron chi connectivity index (χ4n) is 2.09. The van der Waals surface area contributed by atoms with Gasteiger partial charge >= 0.3 is 0 Å². The molecule has 106 valence electrons. The first-order valence-electron chi connectivity index (χ1n) is 6.39. The molecule has 0 spiro atoms. The Morgan fingerprint density at radius 1 is 1.37 bits per heavy atom. The van der Waals surface area contributed by atoms with Gasteiger partial charge in [0.2, 0.25) is 0 Å². The predicted octanol–water partition coefficient (Wildman–Crippen LogP) is 1.62. The fourth-order valence-corrected chi connectivity index (χ4v) is 2.09. The number of hydrogen-bond donors (Lipinski definition) is 1. The Morgan fingerprint density at radius 2 is 2.05 bits per heavy atom. The van der Waals surface area contributed by atoms with Crippen molar-refractivity contribution in [2.24, 2.45) is 0 Å². The van der Waals surface area contributed by atoms with Gasteiger partial charge in [-0.2, -0.15) is 0 Å². The highest BCUT2D eigenvalue weighted by molar-refractivity contribution is 5.85. The van der Waals surface area contributed by atoms with Crippen molar-refractivity contribution in [1.82, 2.24) is 10.2 Å². The van der Waals surface area contributed by atoms with Crippen molar-refractivity contribution < 1.29 is 9.53 Å². The van der Waals surface area contributed by atoms with E-state index in [1.165, 1.54) is 0 Å². The first kappa shape index (κ1) is 15.8. The molecule has 2 rings (SSSR count). The van der Waals surface area contributed by atoms with Gasteiger partial charge in [0.1, 0.15) is 5.75 Å². The van der Waals surface area contributed by atoms with Gasteiger partial charge in [0.15, 0.2) is 6.10 Å². The molecule has 19 heavy (non-hydrogen) atoms. The number of hydrogen-bond acceptors (Lipinski definition) is 3. The second kappa shape index (κ2) is 7.36. The molecule has 5 heteroatoms. The second-order valence-corrected chi connectivity index (χ2v) is 4.65. The van der Waals surface area contributed by atoms with Crippen LogP contribution in [0.15, 0.2) is 24.3 Å². The number of benzene rings is 1. The van der Waals surface area contributed by atoms with E-state index >= 15 is 0 Å². The molecule has 0 aliphatic carbocycles. The minimum Gasteiger partial charge on any atom is -0.481 e. The highest BCUT2D eigenvalue weighted by atomic mass is 35.5. The molecule has 1 fully saturated rings. The summed E-state index contributed by atoms with van der Waals surface area (Å²) >= 11 is 0. The van der Waals surface area contributed by atoms with Crippen LogP contribution in [-0.4, -0.2) is 43.1 Å². The molecule has 0 radical (unpaired) electrons. The van der Waals surface area contributed by atoms with E-state index in [1.54, 1.807) is 0 Å². The number of carbonyl (C=O) groups is 1. The molecule has 1 aromatic rings. The summed E-state index contributed by atoms with van der Waals surface area (Å²) < 4.78 is 5.70. The van der Waals surface area contributed by atoms with Crippen molar-refractivity contribution >= 4 is 18.3 Å². The van der Waals surface area contributed by atoms with E-state index in [0.717, 1.165) is 37.5 Å². The average Bonchev–Trinajstić information content (AvgIpc) is 2.39. The lowest BCUT2D eigenvalue weighted by Crippen LogP contribution is -2.50. The molecule has 0 saturated carbocycles. The van der Waals surface area contributed by atoms with Gasteiger partial charge in [0.25, 0.3) is 5.91 Å². The number of amides is 1. The van der Waals surface area contributed by atoms with E-state index in [4.69, 9.17) is 4.74 Å². The molecule has 0 aromatic heterocycles. The molecular formula is C14H21ClN2O2. The lowest BCUT2D eigenvalue weighted by molar-refractivity contribution is -0.138. The van der Waals surface area contributed by atoms with Crippen molar-refractivity contribution in [3.8, 4) is 5.75 Å². The topological polar surface area (TPSA) is 41.6 Å². The summed E-state index contributed by atoms with van der Waals surface area (Å²) in [7, 11) is 0. The SMILES string of the molecule is Cc1cccc(OC(C)C(=O)N2CCNCC2)c1.Cl. The Bertz CT molecular complexity index is 420. The van der Waals surface area contributed by atoms with Crippen LogP contribution < -0.4 is 10.1 Å². The zero-order valence-electron chi connectivity index (χ0n) is 11.4. The van der Waals surface area contributed by atoms with E-state index in [1.807, 2.05) is 43.0 Å². The number of nitrogens with zero attached hydrogens (tertiary/aromatic N) is 1. The minimum absolute atomic E-state index is 0. The average molecular weight is 285 g/mol. The number of ether oxygens (including phenoxy) is 1. The van der Waals surface area contributed by atoms with Gasteiger partial charge in [-0.05, 0) is 31.5 Å². The van der Waals surface area contributed by atoms with Gasteiger partial charge < -0.3 is 15.0 Å². The summed E-state index contributed by atoms with van der Waals surface area (Å²) in [5.74, 6) is 0.823. The van der Waals surface area contributed by atoms with E-state index < -0.39 is 6.10 Å². The van der Waals surface area contributed by atoms with Crippen LogP contribution in [0.5, 0.6) is 5.75 Å².